The van der Waals surface area contributed by atoms with Gasteiger partial charge in [-0.25, -0.2) is 9.37 Å². The van der Waals surface area contributed by atoms with Crippen molar-refractivity contribution in [1.82, 2.24) is 4.98 Å². The molecule has 2 nitrogen and oxygen atoms in total. The van der Waals surface area contributed by atoms with Crippen molar-refractivity contribution in [3.8, 4) is 10.6 Å². The number of halogens is 1. The van der Waals surface area contributed by atoms with Crippen LogP contribution in [0.5, 0.6) is 0 Å². The van der Waals surface area contributed by atoms with E-state index in [-0.39, 0.29) is 11.9 Å². The Morgan fingerprint density at radius 3 is 2.62 bits per heavy atom. The Kier molecular flexibility index (Phi) is 3.03. The van der Waals surface area contributed by atoms with E-state index in [2.05, 4.69) is 4.98 Å². The number of aryl methyl sites for hydroxylation is 1. The molecule has 0 aliphatic carbocycles. The predicted molar refractivity (Wildman–Crippen MR) is 64.8 cm³/mol. The fraction of sp³-hybridized carbons (Fsp3) is 0.250. The minimum absolute atomic E-state index is 0.0574. The van der Waals surface area contributed by atoms with Crippen molar-refractivity contribution in [3.63, 3.8) is 0 Å². The fourth-order valence-electron chi connectivity index (χ4n) is 1.58. The van der Waals surface area contributed by atoms with Gasteiger partial charge >= 0.3 is 0 Å². The molecular formula is C12H13FN2S. The van der Waals surface area contributed by atoms with Gasteiger partial charge in [0, 0.05) is 16.5 Å². The molecule has 0 spiro atoms. The first-order valence-electron chi connectivity index (χ1n) is 5.07. The van der Waals surface area contributed by atoms with Crippen molar-refractivity contribution >= 4 is 11.3 Å². The third kappa shape index (κ3) is 1.99. The molecule has 1 unspecified atom stereocenters. The quantitative estimate of drug-likeness (QED) is 0.869. The summed E-state index contributed by atoms with van der Waals surface area (Å²) in [6.07, 6.45) is 0. The van der Waals surface area contributed by atoms with Crippen LogP contribution in [-0.4, -0.2) is 4.98 Å². The summed E-state index contributed by atoms with van der Waals surface area (Å²) < 4.78 is 13.6. The second kappa shape index (κ2) is 4.31. The molecule has 0 fully saturated rings. The second-order valence-corrected chi connectivity index (χ2v) is 4.77. The number of nitrogens with zero attached hydrogens (tertiary/aromatic N) is 1. The highest BCUT2D eigenvalue weighted by molar-refractivity contribution is 7.15. The Morgan fingerprint density at radius 1 is 1.38 bits per heavy atom. The van der Waals surface area contributed by atoms with E-state index in [0.717, 1.165) is 10.6 Å². The molecule has 4 heteroatoms. The van der Waals surface area contributed by atoms with Gasteiger partial charge in [0.05, 0.1) is 5.69 Å². The Labute approximate surface area is 97.9 Å². The summed E-state index contributed by atoms with van der Waals surface area (Å²) in [5.74, 6) is -0.243. The Bertz CT molecular complexity index is 505. The molecule has 1 atom stereocenters. The fourth-order valence-corrected chi connectivity index (χ4v) is 2.63. The molecule has 1 aromatic carbocycles. The van der Waals surface area contributed by atoms with Gasteiger partial charge in [-0.1, -0.05) is 12.1 Å². The standard InChI is InChI=1S/C12H13FN2S/c1-7(14)11-8(2)15-12(16-11)9-5-3-4-6-10(9)13/h3-7H,14H2,1-2H3. The monoisotopic (exact) mass is 236 g/mol. The van der Waals surface area contributed by atoms with E-state index >= 15 is 0 Å². The average Bonchev–Trinajstić information content (AvgIpc) is 2.61. The highest BCUT2D eigenvalue weighted by Crippen LogP contribution is 2.31. The van der Waals surface area contributed by atoms with Gasteiger partial charge in [0.1, 0.15) is 10.8 Å². The van der Waals surface area contributed by atoms with Gasteiger partial charge in [-0.05, 0) is 26.0 Å². The first-order chi connectivity index (χ1) is 7.59. The van der Waals surface area contributed by atoms with Gasteiger partial charge < -0.3 is 5.73 Å². The normalized spacial score (nSPS) is 12.8. The topological polar surface area (TPSA) is 38.9 Å². The summed E-state index contributed by atoms with van der Waals surface area (Å²) in [5, 5.41) is 0.697. The van der Waals surface area contributed by atoms with Crippen molar-refractivity contribution < 1.29 is 4.39 Å². The lowest BCUT2D eigenvalue weighted by molar-refractivity contribution is 0.631. The Hall–Kier alpha value is -1.26. The molecule has 2 rings (SSSR count). The highest BCUT2D eigenvalue weighted by Gasteiger charge is 2.14. The van der Waals surface area contributed by atoms with Crippen LogP contribution in [0, 0.1) is 12.7 Å². The lowest BCUT2D eigenvalue weighted by Gasteiger charge is -2.00. The van der Waals surface area contributed by atoms with E-state index in [1.165, 1.54) is 17.4 Å². The zero-order valence-electron chi connectivity index (χ0n) is 9.20. The van der Waals surface area contributed by atoms with Gasteiger partial charge in [-0.3, -0.25) is 0 Å². The summed E-state index contributed by atoms with van der Waals surface area (Å²) in [6, 6.07) is 6.60. The van der Waals surface area contributed by atoms with E-state index in [1.807, 2.05) is 13.8 Å². The van der Waals surface area contributed by atoms with Crippen LogP contribution in [0.15, 0.2) is 24.3 Å². The van der Waals surface area contributed by atoms with Crippen LogP contribution in [-0.2, 0) is 0 Å². The molecule has 84 valence electrons. The maximum absolute atomic E-state index is 13.6. The van der Waals surface area contributed by atoms with Crippen LogP contribution in [0.1, 0.15) is 23.5 Å². The number of nitrogens with two attached hydrogens (primary N) is 1. The van der Waals surface area contributed by atoms with E-state index in [0.29, 0.717) is 10.6 Å². The van der Waals surface area contributed by atoms with E-state index in [1.54, 1.807) is 18.2 Å². The van der Waals surface area contributed by atoms with Crippen LogP contribution >= 0.6 is 11.3 Å². The van der Waals surface area contributed by atoms with Crippen LogP contribution in [0.2, 0.25) is 0 Å². The minimum Gasteiger partial charge on any atom is -0.323 e. The SMILES string of the molecule is Cc1nc(-c2ccccc2F)sc1C(C)N. The first-order valence-corrected chi connectivity index (χ1v) is 5.89. The number of thiazole rings is 1. The Morgan fingerprint density at radius 2 is 2.06 bits per heavy atom. The maximum Gasteiger partial charge on any atom is 0.133 e. The molecule has 1 heterocycles. The number of rotatable bonds is 2. The lowest BCUT2D eigenvalue weighted by Crippen LogP contribution is -2.03. The molecule has 2 aromatic rings. The van der Waals surface area contributed by atoms with Crippen molar-refractivity contribution in [2.45, 2.75) is 19.9 Å². The lowest BCUT2D eigenvalue weighted by atomic mass is 10.2. The molecule has 1 aromatic heterocycles. The van der Waals surface area contributed by atoms with Crippen LogP contribution in [0.4, 0.5) is 4.39 Å². The third-order valence-electron chi connectivity index (χ3n) is 2.35. The molecule has 0 saturated carbocycles. The van der Waals surface area contributed by atoms with E-state index in [9.17, 15) is 4.39 Å². The van der Waals surface area contributed by atoms with E-state index < -0.39 is 0 Å². The smallest absolute Gasteiger partial charge is 0.133 e. The number of aromatic nitrogens is 1. The van der Waals surface area contributed by atoms with E-state index in [4.69, 9.17) is 5.73 Å². The number of benzene rings is 1. The first kappa shape index (κ1) is 11.2. The molecular weight excluding hydrogens is 223 g/mol. The van der Waals surface area contributed by atoms with Crippen molar-refractivity contribution in [2.75, 3.05) is 0 Å². The van der Waals surface area contributed by atoms with Crippen LogP contribution < -0.4 is 5.73 Å². The maximum atomic E-state index is 13.6. The summed E-state index contributed by atoms with van der Waals surface area (Å²) in [4.78, 5) is 5.37. The Balaban J connectivity index is 2.50. The molecule has 2 N–H and O–H groups in total. The molecule has 16 heavy (non-hydrogen) atoms. The van der Waals surface area contributed by atoms with Crippen molar-refractivity contribution in [1.29, 1.82) is 0 Å². The van der Waals surface area contributed by atoms with Crippen LogP contribution in [0.25, 0.3) is 10.6 Å². The largest absolute Gasteiger partial charge is 0.323 e. The van der Waals surface area contributed by atoms with Gasteiger partial charge in [0.2, 0.25) is 0 Å². The summed E-state index contributed by atoms with van der Waals surface area (Å²) in [7, 11) is 0. The third-order valence-corrected chi connectivity index (χ3v) is 3.74. The molecule has 0 saturated heterocycles. The summed E-state index contributed by atoms with van der Waals surface area (Å²) in [5.41, 5.74) is 7.25. The molecule has 0 aliphatic rings. The molecule has 0 aliphatic heterocycles. The molecule has 0 radical (unpaired) electrons. The average molecular weight is 236 g/mol. The summed E-state index contributed by atoms with van der Waals surface area (Å²) in [6.45, 7) is 3.81. The molecule has 0 amide bonds. The number of hydrogen-bond acceptors (Lipinski definition) is 3. The van der Waals surface area contributed by atoms with Crippen molar-refractivity contribution in [2.24, 2.45) is 5.73 Å². The zero-order valence-corrected chi connectivity index (χ0v) is 10.0. The van der Waals surface area contributed by atoms with Gasteiger partial charge in [0.15, 0.2) is 0 Å². The highest BCUT2D eigenvalue weighted by atomic mass is 32.1. The van der Waals surface area contributed by atoms with Crippen LogP contribution in [0.3, 0.4) is 0 Å². The van der Waals surface area contributed by atoms with Gasteiger partial charge in [0.25, 0.3) is 0 Å². The van der Waals surface area contributed by atoms with Gasteiger partial charge in [-0.15, -0.1) is 11.3 Å². The minimum atomic E-state index is -0.243. The summed E-state index contributed by atoms with van der Waals surface area (Å²) >= 11 is 1.46. The number of hydrogen-bond donors (Lipinski definition) is 1. The second-order valence-electron chi connectivity index (χ2n) is 3.74. The van der Waals surface area contributed by atoms with Gasteiger partial charge in [-0.2, -0.15) is 0 Å². The zero-order chi connectivity index (χ0) is 11.7. The van der Waals surface area contributed by atoms with Crippen molar-refractivity contribution in [3.05, 3.63) is 40.7 Å². The molecule has 0 bridgehead atoms. The predicted octanol–water partition coefficient (Wildman–Crippen LogP) is 3.28.